The maximum Gasteiger partial charge on any atom is 0.170 e. The first-order valence-electron chi connectivity index (χ1n) is 5.11. The number of aliphatic hydroxyl groups is 2. The Morgan fingerprint density at radius 3 is 2.50 bits per heavy atom. The number of hydrogen-bond donors (Lipinski definition) is 2. The highest BCUT2D eigenvalue weighted by atomic mass is 16.3. The Labute approximate surface area is 93.4 Å². The van der Waals surface area contributed by atoms with Crippen molar-refractivity contribution < 1.29 is 15.0 Å². The van der Waals surface area contributed by atoms with E-state index in [1.807, 2.05) is 6.07 Å². The molecule has 0 spiro atoms. The zero-order valence-corrected chi connectivity index (χ0v) is 8.68. The third kappa shape index (κ3) is 1.84. The van der Waals surface area contributed by atoms with Gasteiger partial charge in [-0.05, 0) is 12.5 Å². The van der Waals surface area contributed by atoms with Crippen molar-refractivity contribution in [3.05, 3.63) is 53.3 Å². The van der Waals surface area contributed by atoms with Gasteiger partial charge in [-0.15, -0.1) is 0 Å². The minimum atomic E-state index is -0.221. The van der Waals surface area contributed by atoms with E-state index < -0.39 is 0 Å². The summed E-state index contributed by atoms with van der Waals surface area (Å²) in [5, 5.41) is 19.5. The Morgan fingerprint density at radius 1 is 1.19 bits per heavy atom. The van der Waals surface area contributed by atoms with Gasteiger partial charge >= 0.3 is 0 Å². The number of Topliss-reactive ketones (excluding diaryl/α,β-unsaturated/α-hetero) is 1. The fourth-order valence-corrected chi connectivity index (χ4v) is 1.70. The number of allylic oxidation sites excluding steroid dienone is 2. The van der Waals surface area contributed by atoms with Gasteiger partial charge in [-0.1, -0.05) is 30.3 Å². The molecule has 82 valence electrons. The Hall–Kier alpha value is -2.03. The molecule has 0 bridgehead atoms. The zero-order chi connectivity index (χ0) is 11.5. The Bertz CT molecular complexity index is 469. The van der Waals surface area contributed by atoms with E-state index in [1.165, 1.54) is 0 Å². The second kappa shape index (κ2) is 4.23. The van der Waals surface area contributed by atoms with Crippen LogP contribution in [0, 0.1) is 0 Å². The molecular formula is C13H12O3. The number of rotatable bonds is 1. The average Bonchev–Trinajstić information content (AvgIpc) is 2.30. The fourth-order valence-electron chi connectivity index (χ4n) is 1.70. The molecule has 0 atom stereocenters. The maximum absolute atomic E-state index is 11.6. The van der Waals surface area contributed by atoms with Gasteiger partial charge in [0.05, 0.1) is 0 Å². The molecule has 1 aromatic rings. The summed E-state index contributed by atoms with van der Waals surface area (Å²) < 4.78 is 0. The zero-order valence-electron chi connectivity index (χ0n) is 8.68. The van der Waals surface area contributed by atoms with Gasteiger partial charge in [0.15, 0.2) is 5.78 Å². The lowest BCUT2D eigenvalue weighted by Crippen LogP contribution is -2.12. The Kier molecular flexibility index (Phi) is 2.77. The van der Waals surface area contributed by atoms with Gasteiger partial charge in [0.1, 0.15) is 17.1 Å². The largest absolute Gasteiger partial charge is 0.507 e. The maximum atomic E-state index is 11.6. The predicted molar refractivity (Wildman–Crippen MR) is 60.9 cm³/mol. The van der Waals surface area contributed by atoms with E-state index in [0.29, 0.717) is 18.4 Å². The summed E-state index contributed by atoms with van der Waals surface area (Å²) >= 11 is 0. The molecule has 0 saturated heterocycles. The second-order valence-electron chi connectivity index (χ2n) is 3.64. The molecule has 2 N–H and O–H groups in total. The van der Waals surface area contributed by atoms with Crippen LogP contribution in [0.2, 0.25) is 0 Å². The van der Waals surface area contributed by atoms with Crippen molar-refractivity contribution in [1.82, 2.24) is 0 Å². The van der Waals surface area contributed by atoms with Crippen LogP contribution in [0.25, 0.3) is 5.76 Å². The SMILES string of the molecule is O=C1CCC=C(O)/C1=C(/O)c1ccccc1. The summed E-state index contributed by atoms with van der Waals surface area (Å²) in [5.74, 6) is -0.502. The van der Waals surface area contributed by atoms with Crippen molar-refractivity contribution in [1.29, 1.82) is 0 Å². The minimum Gasteiger partial charge on any atom is -0.507 e. The minimum absolute atomic E-state index is 0.0254. The molecule has 0 aromatic heterocycles. The number of ketones is 1. The van der Waals surface area contributed by atoms with Gasteiger partial charge in [0.25, 0.3) is 0 Å². The summed E-state index contributed by atoms with van der Waals surface area (Å²) in [4.78, 5) is 11.6. The van der Waals surface area contributed by atoms with Crippen LogP contribution in [-0.4, -0.2) is 16.0 Å². The molecule has 0 amide bonds. The first-order valence-corrected chi connectivity index (χ1v) is 5.11. The van der Waals surface area contributed by atoms with E-state index in [-0.39, 0.29) is 22.9 Å². The van der Waals surface area contributed by atoms with Crippen LogP contribution in [0.4, 0.5) is 0 Å². The molecular weight excluding hydrogens is 204 g/mol. The molecule has 0 radical (unpaired) electrons. The number of carbonyl (C=O) groups excluding carboxylic acids is 1. The summed E-state index contributed by atoms with van der Waals surface area (Å²) in [6.45, 7) is 0. The number of hydrogen-bond acceptors (Lipinski definition) is 3. The molecule has 1 aliphatic rings. The first-order chi connectivity index (χ1) is 7.70. The highest BCUT2D eigenvalue weighted by molar-refractivity contribution is 6.05. The Morgan fingerprint density at radius 2 is 1.88 bits per heavy atom. The molecule has 3 heteroatoms. The topological polar surface area (TPSA) is 57.5 Å². The standard InChI is InChI=1S/C13H12O3/c14-10-7-4-8-11(15)12(10)13(16)9-5-2-1-3-6-9/h1-3,5-7,14,16H,4,8H2/b13-12-. The van der Waals surface area contributed by atoms with E-state index in [2.05, 4.69) is 0 Å². The molecule has 0 saturated carbocycles. The third-order valence-corrected chi connectivity index (χ3v) is 2.53. The average molecular weight is 216 g/mol. The third-order valence-electron chi connectivity index (χ3n) is 2.53. The summed E-state index contributed by atoms with van der Waals surface area (Å²) in [7, 11) is 0. The van der Waals surface area contributed by atoms with E-state index >= 15 is 0 Å². The summed E-state index contributed by atoms with van der Waals surface area (Å²) in [5.41, 5.74) is 0.560. The lowest BCUT2D eigenvalue weighted by molar-refractivity contribution is -0.115. The van der Waals surface area contributed by atoms with Crippen LogP contribution < -0.4 is 0 Å². The molecule has 0 heterocycles. The number of aliphatic hydroxyl groups excluding tert-OH is 2. The summed E-state index contributed by atoms with van der Waals surface area (Å²) in [6, 6.07) is 8.73. The normalized spacial score (nSPS) is 19.2. The van der Waals surface area contributed by atoms with Gasteiger partial charge in [-0.3, -0.25) is 4.79 Å². The van der Waals surface area contributed by atoms with E-state index in [9.17, 15) is 15.0 Å². The van der Waals surface area contributed by atoms with E-state index in [1.54, 1.807) is 30.3 Å². The van der Waals surface area contributed by atoms with Crippen LogP contribution in [0.3, 0.4) is 0 Å². The molecule has 0 unspecified atom stereocenters. The molecule has 1 aromatic carbocycles. The summed E-state index contributed by atoms with van der Waals surface area (Å²) in [6.07, 6.45) is 2.41. The highest BCUT2D eigenvalue weighted by Crippen LogP contribution is 2.26. The quantitative estimate of drug-likeness (QED) is 0.560. The number of carbonyl (C=O) groups is 1. The van der Waals surface area contributed by atoms with Crippen molar-refractivity contribution in [2.24, 2.45) is 0 Å². The van der Waals surface area contributed by atoms with Crippen LogP contribution in [0.15, 0.2) is 47.7 Å². The molecule has 0 fully saturated rings. The lowest BCUT2D eigenvalue weighted by Gasteiger charge is -2.13. The van der Waals surface area contributed by atoms with Crippen molar-refractivity contribution in [2.75, 3.05) is 0 Å². The van der Waals surface area contributed by atoms with Crippen molar-refractivity contribution in [3.63, 3.8) is 0 Å². The smallest absolute Gasteiger partial charge is 0.170 e. The van der Waals surface area contributed by atoms with Gasteiger partial charge in [-0.25, -0.2) is 0 Å². The molecule has 16 heavy (non-hydrogen) atoms. The monoisotopic (exact) mass is 216 g/mol. The van der Waals surface area contributed by atoms with Crippen LogP contribution >= 0.6 is 0 Å². The fraction of sp³-hybridized carbons (Fsp3) is 0.154. The second-order valence-corrected chi connectivity index (χ2v) is 3.64. The predicted octanol–water partition coefficient (Wildman–Crippen LogP) is 2.76. The van der Waals surface area contributed by atoms with E-state index in [4.69, 9.17) is 0 Å². The van der Waals surface area contributed by atoms with Gasteiger partial charge in [0.2, 0.25) is 0 Å². The van der Waals surface area contributed by atoms with Gasteiger partial charge < -0.3 is 10.2 Å². The van der Waals surface area contributed by atoms with Crippen LogP contribution in [-0.2, 0) is 4.79 Å². The van der Waals surface area contributed by atoms with E-state index in [0.717, 1.165) is 0 Å². The van der Waals surface area contributed by atoms with Crippen molar-refractivity contribution >= 4 is 11.5 Å². The highest BCUT2D eigenvalue weighted by Gasteiger charge is 2.22. The molecule has 3 nitrogen and oxygen atoms in total. The van der Waals surface area contributed by atoms with Crippen LogP contribution in [0.1, 0.15) is 18.4 Å². The van der Waals surface area contributed by atoms with Crippen molar-refractivity contribution in [3.8, 4) is 0 Å². The van der Waals surface area contributed by atoms with Crippen molar-refractivity contribution in [2.45, 2.75) is 12.8 Å². The van der Waals surface area contributed by atoms with Gasteiger partial charge in [0, 0.05) is 12.0 Å². The Balaban J connectivity index is 2.52. The number of benzene rings is 1. The molecule has 2 rings (SSSR count). The van der Waals surface area contributed by atoms with Crippen LogP contribution in [0.5, 0.6) is 0 Å². The first kappa shape index (κ1) is 10.5. The van der Waals surface area contributed by atoms with Gasteiger partial charge in [-0.2, -0.15) is 0 Å². The molecule has 1 aliphatic carbocycles. The lowest BCUT2D eigenvalue weighted by atomic mass is 9.95. The molecule has 0 aliphatic heterocycles.